The molecule has 0 radical (unpaired) electrons. The van der Waals surface area contributed by atoms with Crippen LogP contribution in [0.25, 0.3) is 0 Å². The molecule has 2 N–H and O–H groups in total. The Labute approximate surface area is 114 Å². The van der Waals surface area contributed by atoms with Crippen molar-refractivity contribution < 1.29 is 13.6 Å². The molecule has 0 saturated carbocycles. The summed E-state index contributed by atoms with van der Waals surface area (Å²) in [5.74, 6) is -2.19. The number of rotatable bonds is 3. The number of anilines is 2. The molecule has 0 aliphatic rings. The maximum atomic E-state index is 13.1. The molecule has 20 heavy (non-hydrogen) atoms. The standard InChI is InChI=1S/C14H13F2N3O/c1-19(13-4-5-18-8-12(13)17)14(20)7-9-2-3-10(15)11(16)6-9/h2-6,8H,7,17H2,1H3. The van der Waals surface area contributed by atoms with Gasteiger partial charge in [0.2, 0.25) is 5.91 Å². The lowest BCUT2D eigenvalue weighted by atomic mass is 10.1. The fraction of sp³-hybridized carbons (Fsp3) is 0.143. The lowest BCUT2D eigenvalue weighted by Gasteiger charge is -2.18. The van der Waals surface area contributed by atoms with Gasteiger partial charge in [-0.1, -0.05) is 6.07 Å². The van der Waals surface area contributed by atoms with Crippen molar-refractivity contribution in [3.05, 3.63) is 53.9 Å². The van der Waals surface area contributed by atoms with Crippen LogP contribution in [0.15, 0.2) is 36.7 Å². The molecule has 1 aromatic heterocycles. The molecule has 1 heterocycles. The number of nitrogen functional groups attached to an aromatic ring is 1. The first-order valence-electron chi connectivity index (χ1n) is 5.89. The number of carbonyl (C=O) groups is 1. The van der Waals surface area contributed by atoms with Gasteiger partial charge in [-0.05, 0) is 23.8 Å². The maximum absolute atomic E-state index is 13.1. The van der Waals surface area contributed by atoms with E-state index in [0.29, 0.717) is 16.9 Å². The zero-order valence-electron chi connectivity index (χ0n) is 10.8. The monoisotopic (exact) mass is 277 g/mol. The number of halogens is 2. The smallest absolute Gasteiger partial charge is 0.231 e. The van der Waals surface area contributed by atoms with Crippen molar-refractivity contribution in [3.8, 4) is 0 Å². The summed E-state index contributed by atoms with van der Waals surface area (Å²) in [6, 6.07) is 4.99. The Kier molecular flexibility index (Phi) is 3.93. The Morgan fingerprint density at radius 2 is 2.05 bits per heavy atom. The summed E-state index contributed by atoms with van der Waals surface area (Å²) < 4.78 is 25.9. The van der Waals surface area contributed by atoms with Gasteiger partial charge in [-0.2, -0.15) is 0 Å². The molecule has 2 rings (SSSR count). The number of carbonyl (C=O) groups excluding carboxylic acids is 1. The van der Waals surface area contributed by atoms with E-state index in [0.717, 1.165) is 12.1 Å². The van der Waals surface area contributed by atoms with Crippen LogP contribution in [0.4, 0.5) is 20.2 Å². The van der Waals surface area contributed by atoms with E-state index in [4.69, 9.17) is 5.73 Å². The molecular weight excluding hydrogens is 264 g/mol. The predicted octanol–water partition coefficient (Wildman–Crippen LogP) is 2.15. The van der Waals surface area contributed by atoms with Crippen LogP contribution in [-0.2, 0) is 11.2 Å². The van der Waals surface area contributed by atoms with Gasteiger partial charge in [0, 0.05) is 13.2 Å². The second-order valence-electron chi connectivity index (χ2n) is 4.31. The molecule has 0 unspecified atom stereocenters. The Morgan fingerprint density at radius 1 is 1.30 bits per heavy atom. The number of nitrogens with two attached hydrogens (primary N) is 1. The van der Waals surface area contributed by atoms with E-state index in [-0.39, 0.29) is 12.3 Å². The second-order valence-corrected chi connectivity index (χ2v) is 4.31. The summed E-state index contributed by atoms with van der Waals surface area (Å²) in [7, 11) is 1.56. The summed E-state index contributed by atoms with van der Waals surface area (Å²) in [5.41, 5.74) is 7.02. The number of benzene rings is 1. The van der Waals surface area contributed by atoms with E-state index in [1.165, 1.54) is 23.4 Å². The SMILES string of the molecule is CN(C(=O)Cc1ccc(F)c(F)c1)c1ccncc1N. The number of pyridine rings is 1. The van der Waals surface area contributed by atoms with Crippen LogP contribution in [0.2, 0.25) is 0 Å². The lowest BCUT2D eigenvalue weighted by molar-refractivity contribution is -0.117. The van der Waals surface area contributed by atoms with Gasteiger partial charge in [0.1, 0.15) is 0 Å². The normalized spacial score (nSPS) is 10.3. The Hall–Kier alpha value is -2.50. The number of hydrogen-bond acceptors (Lipinski definition) is 3. The highest BCUT2D eigenvalue weighted by Crippen LogP contribution is 2.21. The molecule has 2 aromatic rings. The quantitative estimate of drug-likeness (QED) is 0.935. The third-order valence-electron chi connectivity index (χ3n) is 2.90. The van der Waals surface area contributed by atoms with Crippen molar-refractivity contribution in [2.75, 3.05) is 17.7 Å². The Morgan fingerprint density at radius 3 is 2.70 bits per heavy atom. The van der Waals surface area contributed by atoms with E-state index < -0.39 is 11.6 Å². The summed E-state index contributed by atoms with van der Waals surface area (Å²) in [5, 5.41) is 0. The summed E-state index contributed by atoms with van der Waals surface area (Å²) in [6.45, 7) is 0. The number of nitrogens with zero attached hydrogens (tertiary/aromatic N) is 2. The summed E-state index contributed by atoms with van der Waals surface area (Å²) in [4.78, 5) is 17.3. The molecule has 6 heteroatoms. The van der Waals surface area contributed by atoms with Gasteiger partial charge in [-0.15, -0.1) is 0 Å². The van der Waals surface area contributed by atoms with E-state index >= 15 is 0 Å². The number of aromatic nitrogens is 1. The van der Waals surface area contributed by atoms with Crippen LogP contribution < -0.4 is 10.6 Å². The van der Waals surface area contributed by atoms with Crippen LogP contribution in [0, 0.1) is 11.6 Å². The van der Waals surface area contributed by atoms with Crippen molar-refractivity contribution in [2.45, 2.75) is 6.42 Å². The van der Waals surface area contributed by atoms with Crippen molar-refractivity contribution >= 4 is 17.3 Å². The zero-order chi connectivity index (χ0) is 14.7. The third-order valence-corrected chi connectivity index (χ3v) is 2.90. The minimum absolute atomic E-state index is 0.0462. The van der Waals surface area contributed by atoms with Gasteiger partial charge in [0.05, 0.1) is 24.0 Å². The molecule has 0 aliphatic heterocycles. The average molecular weight is 277 g/mol. The fourth-order valence-corrected chi connectivity index (χ4v) is 1.78. The van der Waals surface area contributed by atoms with E-state index in [1.807, 2.05) is 0 Å². The highest BCUT2D eigenvalue weighted by molar-refractivity contribution is 5.96. The third kappa shape index (κ3) is 2.90. The Bertz CT molecular complexity index is 646. The zero-order valence-corrected chi connectivity index (χ0v) is 10.8. The largest absolute Gasteiger partial charge is 0.396 e. The van der Waals surface area contributed by atoms with Crippen molar-refractivity contribution in [1.29, 1.82) is 0 Å². The molecule has 4 nitrogen and oxygen atoms in total. The van der Waals surface area contributed by atoms with Gasteiger partial charge in [-0.25, -0.2) is 8.78 Å². The first-order valence-corrected chi connectivity index (χ1v) is 5.89. The lowest BCUT2D eigenvalue weighted by Crippen LogP contribution is -2.28. The molecule has 104 valence electrons. The first-order chi connectivity index (χ1) is 9.49. The summed E-state index contributed by atoms with van der Waals surface area (Å²) in [6.07, 6.45) is 2.92. The van der Waals surface area contributed by atoms with Crippen LogP contribution in [0.3, 0.4) is 0 Å². The fourth-order valence-electron chi connectivity index (χ4n) is 1.78. The number of likely N-dealkylation sites (N-methyl/N-ethyl adjacent to an activating group) is 1. The maximum Gasteiger partial charge on any atom is 0.231 e. The predicted molar refractivity (Wildman–Crippen MR) is 72.1 cm³/mol. The van der Waals surface area contributed by atoms with E-state index in [9.17, 15) is 13.6 Å². The van der Waals surface area contributed by atoms with Gasteiger partial charge in [0.25, 0.3) is 0 Å². The highest BCUT2D eigenvalue weighted by atomic mass is 19.2. The minimum atomic E-state index is -0.971. The first kappa shape index (κ1) is 13.9. The summed E-state index contributed by atoms with van der Waals surface area (Å²) >= 11 is 0. The average Bonchev–Trinajstić information content (AvgIpc) is 2.42. The minimum Gasteiger partial charge on any atom is -0.396 e. The number of amides is 1. The van der Waals surface area contributed by atoms with E-state index in [2.05, 4.69) is 4.98 Å². The molecule has 1 amide bonds. The highest BCUT2D eigenvalue weighted by Gasteiger charge is 2.14. The van der Waals surface area contributed by atoms with Crippen LogP contribution in [0.5, 0.6) is 0 Å². The molecule has 1 aromatic carbocycles. The number of hydrogen-bond donors (Lipinski definition) is 1. The van der Waals surface area contributed by atoms with Gasteiger partial charge >= 0.3 is 0 Å². The Balaban J connectivity index is 2.15. The molecule has 0 aliphatic carbocycles. The van der Waals surface area contributed by atoms with Crippen LogP contribution in [-0.4, -0.2) is 17.9 Å². The molecule has 0 bridgehead atoms. The van der Waals surface area contributed by atoms with Gasteiger partial charge in [0.15, 0.2) is 11.6 Å². The molecule has 0 fully saturated rings. The molecular formula is C14H13F2N3O. The van der Waals surface area contributed by atoms with Gasteiger partial charge in [-0.3, -0.25) is 9.78 Å². The van der Waals surface area contributed by atoms with E-state index in [1.54, 1.807) is 13.1 Å². The van der Waals surface area contributed by atoms with Crippen LogP contribution in [0.1, 0.15) is 5.56 Å². The van der Waals surface area contributed by atoms with Crippen molar-refractivity contribution in [1.82, 2.24) is 4.98 Å². The van der Waals surface area contributed by atoms with Crippen LogP contribution >= 0.6 is 0 Å². The molecule has 0 spiro atoms. The van der Waals surface area contributed by atoms with Crippen molar-refractivity contribution in [3.63, 3.8) is 0 Å². The molecule has 0 atom stereocenters. The molecule has 0 saturated heterocycles. The second kappa shape index (κ2) is 5.64. The van der Waals surface area contributed by atoms with Gasteiger partial charge < -0.3 is 10.6 Å². The topological polar surface area (TPSA) is 59.2 Å². The van der Waals surface area contributed by atoms with Crippen molar-refractivity contribution in [2.24, 2.45) is 0 Å².